The molecule has 0 aliphatic carbocycles. The molecule has 0 aliphatic rings. The first-order valence-corrected chi connectivity index (χ1v) is 11.8. The maximum Gasteiger partial charge on any atom is 0.251 e. The second kappa shape index (κ2) is 10.4. The molecule has 0 fully saturated rings. The monoisotopic (exact) mass is 460 g/mol. The van der Waals surface area contributed by atoms with E-state index in [4.69, 9.17) is 0 Å². The lowest BCUT2D eigenvalue weighted by Gasteiger charge is -2.09. The Hall–Kier alpha value is -3.45. The average Bonchev–Trinajstić information content (AvgIpc) is 3.25. The van der Waals surface area contributed by atoms with Gasteiger partial charge in [0.2, 0.25) is 0 Å². The number of carbonyl (C=O) groups excluding carboxylic acids is 1. The van der Waals surface area contributed by atoms with Crippen LogP contribution in [0.2, 0.25) is 0 Å². The number of aromatic nitrogens is 3. The standard InChI is InChI=1S/C26H25FN4OS/c1-3-31-24(21-11-7-18(2)8-12-21)29-30-26(31)33-17-20-5-4-6-22(15-20)25(32)28-16-19-9-13-23(27)14-10-19/h4-15H,3,16-17H2,1-2H3,(H,28,32). The molecule has 0 aliphatic heterocycles. The van der Waals surface area contributed by atoms with E-state index in [0.717, 1.165) is 34.2 Å². The Morgan fingerprint density at radius 1 is 1.00 bits per heavy atom. The number of thioether (sulfide) groups is 1. The van der Waals surface area contributed by atoms with Gasteiger partial charge in [-0.1, -0.05) is 65.9 Å². The van der Waals surface area contributed by atoms with Crippen LogP contribution >= 0.6 is 11.8 Å². The van der Waals surface area contributed by atoms with Crippen molar-refractivity contribution in [1.29, 1.82) is 0 Å². The van der Waals surface area contributed by atoms with Crippen LogP contribution < -0.4 is 5.32 Å². The van der Waals surface area contributed by atoms with Crippen molar-refractivity contribution >= 4 is 17.7 Å². The molecule has 1 heterocycles. The number of nitrogens with one attached hydrogen (secondary N) is 1. The number of benzene rings is 3. The molecule has 1 N–H and O–H groups in total. The van der Waals surface area contributed by atoms with Gasteiger partial charge in [0.1, 0.15) is 5.82 Å². The molecule has 0 atom stereocenters. The van der Waals surface area contributed by atoms with Gasteiger partial charge in [-0.25, -0.2) is 4.39 Å². The van der Waals surface area contributed by atoms with Gasteiger partial charge in [-0.3, -0.25) is 4.79 Å². The molecule has 0 radical (unpaired) electrons. The molecule has 0 saturated heterocycles. The summed E-state index contributed by atoms with van der Waals surface area (Å²) in [5.74, 6) is 1.07. The van der Waals surface area contributed by atoms with E-state index in [-0.39, 0.29) is 11.7 Å². The molecule has 0 unspecified atom stereocenters. The van der Waals surface area contributed by atoms with Crippen LogP contribution in [0.4, 0.5) is 4.39 Å². The molecular formula is C26H25FN4OS. The van der Waals surface area contributed by atoms with Crippen molar-refractivity contribution in [2.75, 3.05) is 0 Å². The van der Waals surface area contributed by atoms with Crippen molar-refractivity contribution in [3.8, 4) is 11.4 Å². The fourth-order valence-electron chi connectivity index (χ4n) is 3.43. The van der Waals surface area contributed by atoms with Gasteiger partial charge in [-0.2, -0.15) is 0 Å². The summed E-state index contributed by atoms with van der Waals surface area (Å²) in [5, 5.41) is 12.5. The topological polar surface area (TPSA) is 59.8 Å². The average molecular weight is 461 g/mol. The van der Waals surface area contributed by atoms with Gasteiger partial charge in [0.05, 0.1) is 0 Å². The number of aryl methyl sites for hydroxylation is 1. The Balaban J connectivity index is 1.41. The zero-order valence-electron chi connectivity index (χ0n) is 18.6. The Labute approximate surface area is 197 Å². The normalized spacial score (nSPS) is 10.9. The highest BCUT2D eigenvalue weighted by molar-refractivity contribution is 7.98. The number of halogens is 1. The third-order valence-electron chi connectivity index (χ3n) is 5.27. The number of hydrogen-bond donors (Lipinski definition) is 1. The second-order valence-electron chi connectivity index (χ2n) is 7.71. The Bertz CT molecular complexity index is 1240. The van der Waals surface area contributed by atoms with E-state index in [0.29, 0.717) is 17.9 Å². The lowest BCUT2D eigenvalue weighted by atomic mass is 10.1. The zero-order valence-corrected chi connectivity index (χ0v) is 19.4. The molecular weight excluding hydrogens is 435 g/mol. The van der Waals surface area contributed by atoms with Crippen molar-refractivity contribution in [2.45, 2.75) is 37.8 Å². The van der Waals surface area contributed by atoms with Gasteiger partial charge in [0, 0.05) is 30.0 Å². The van der Waals surface area contributed by atoms with Gasteiger partial charge in [-0.05, 0) is 49.2 Å². The van der Waals surface area contributed by atoms with Crippen LogP contribution in [0.5, 0.6) is 0 Å². The van der Waals surface area contributed by atoms with Crippen molar-refractivity contribution in [3.05, 3.63) is 101 Å². The number of amides is 1. The van der Waals surface area contributed by atoms with Gasteiger partial charge >= 0.3 is 0 Å². The van der Waals surface area contributed by atoms with Crippen LogP contribution in [0.3, 0.4) is 0 Å². The van der Waals surface area contributed by atoms with Crippen LogP contribution in [0.15, 0.2) is 78.0 Å². The first-order valence-electron chi connectivity index (χ1n) is 10.8. The lowest BCUT2D eigenvalue weighted by molar-refractivity contribution is 0.0951. The fraction of sp³-hybridized carbons (Fsp3) is 0.192. The van der Waals surface area contributed by atoms with Gasteiger partial charge in [-0.15, -0.1) is 10.2 Å². The minimum atomic E-state index is -0.292. The smallest absolute Gasteiger partial charge is 0.251 e. The van der Waals surface area contributed by atoms with Crippen molar-refractivity contribution in [3.63, 3.8) is 0 Å². The molecule has 3 aromatic carbocycles. The van der Waals surface area contributed by atoms with Crippen molar-refractivity contribution in [1.82, 2.24) is 20.1 Å². The summed E-state index contributed by atoms with van der Waals surface area (Å²) in [5.41, 5.74) is 4.71. The summed E-state index contributed by atoms with van der Waals surface area (Å²) in [4.78, 5) is 12.6. The molecule has 1 amide bonds. The van der Waals surface area contributed by atoms with E-state index in [2.05, 4.69) is 58.2 Å². The Morgan fingerprint density at radius 2 is 1.76 bits per heavy atom. The van der Waals surface area contributed by atoms with Crippen LogP contribution in [0.1, 0.15) is 34.0 Å². The third kappa shape index (κ3) is 5.68. The van der Waals surface area contributed by atoms with E-state index < -0.39 is 0 Å². The molecule has 0 spiro atoms. The summed E-state index contributed by atoms with van der Waals surface area (Å²) in [6, 6.07) is 21.9. The molecule has 7 heteroatoms. The van der Waals surface area contributed by atoms with E-state index in [9.17, 15) is 9.18 Å². The predicted molar refractivity (Wildman–Crippen MR) is 129 cm³/mol. The molecule has 0 bridgehead atoms. The summed E-state index contributed by atoms with van der Waals surface area (Å²) < 4.78 is 15.1. The first-order chi connectivity index (χ1) is 16.0. The lowest BCUT2D eigenvalue weighted by Crippen LogP contribution is -2.22. The van der Waals surface area contributed by atoms with Gasteiger partial charge < -0.3 is 9.88 Å². The third-order valence-corrected chi connectivity index (χ3v) is 6.30. The fourth-order valence-corrected chi connectivity index (χ4v) is 4.38. The van der Waals surface area contributed by atoms with Crippen molar-refractivity contribution < 1.29 is 9.18 Å². The summed E-state index contributed by atoms with van der Waals surface area (Å²) in [7, 11) is 0. The molecule has 33 heavy (non-hydrogen) atoms. The summed E-state index contributed by atoms with van der Waals surface area (Å²) >= 11 is 1.60. The second-order valence-corrected chi connectivity index (χ2v) is 8.66. The SMILES string of the molecule is CCn1c(SCc2cccc(C(=O)NCc3ccc(F)cc3)c2)nnc1-c1ccc(C)cc1. The van der Waals surface area contributed by atoms with E-state index in [1.807, 2.05) is 18.2 Å². The minimum Gasteiger partial charge on any atom is -0.348 e. The van der Waals surface area contributed by atoms with E-state index in [1.54, 1.807) is 30.0 Å². The highest BCUT2D eigenvalue weighted by atomic mass is 32.2. The molecule has 5 nitrogen and oxygen atoms in total. The highest BCUT2D eigenvalue weighted by Gasteiger charge is 2.14. The van der Waals surface area contributed by atoms with Gasteiger partial charge in [0.15, 0.2) is 11.0 Å². The van der Waals surface area contributed by atoms with E-state index in [1.165, 1.54) is 17.7 Å². The van der Waals surface area contributed by atoms with Crippen LogP contribution in [-0.4, -0.2) is 20.7 Å². The molecule has 4 aromatic rings. The number of carbonyl (C=O) groups is 1. The van der Waals surface area contributed by atoms with Crippen LogP contribution in [-0.2, 0) is 18.8 Å². The summed E-state index contributed by atoms with van der Waals surface area (Å²) in [6.45, 7) is 5.26. The maximum atomic E-state index is 13.0. The highest BCUT2D eigenvalue weighted by Crippen LogP contribution is 2.27. The van der Waals surface area contributed by atoms with Crippen LogP contribution in [0.25, 0.3) is 11.4 Å². The predicted octanol–water partition coefficient (Wildman–Crippen LogP) is 5.63. The molecule has 1 aromatic heterocycles. The van der Waals surface area contributed by atoms with Crippen LogP contribution in [0, 0.1) is 12.7 Å². The maximum absolute atomic E-state index is 13.0. The number of rotatable bonds is 8. The van der Waals surface area contributed by atoms with Crippen molar-refractivity contribution in [2.24, 2.45) is 0 Å². The number of nitrogens with zero attached hydrogens (tertiary/aromatic N) is 3. The molecule has 4 rings (SSSR count). The zero-order chi connectivity index (χ0) is 23.2. The number of hydrogen-bond acceptors (Lipinski definition) is 4. The summed E-state index contributed by atoms with van der Waals surface area (Å²) in [6.07, 6.45) is 0. The quantitative estimate of drug-likeness (QED) is 0.346. The molecule has 0 saturated carbocycles. The van der Waals surface area contributed by atoms with E-state index >= 15 is 0 Å². The Morgan fingerprint density at radius 3 is 2.48 bits per heavy atom. The largest absolute Gasteiger partial charge is 0.348 e. The van der Waals surface area contributed by atoms with Gasteiger partial charge in [0.25, 0.3) is 5.91 Å². The Kier molecular flexibility index (Phi) is 7.19. The first kappa shape index (κ1) is 22.7. The molecule has 168 valence electrons. The minimum absolute atomic E-state index is 0.162.